The quantitative estimate of drug-likeness (QED) is 0.794. The average Bonchev–Trinajstić information content (AvgIpc) is 2.50. The number of aliphatic hydroxyl groups is 1. The molecule has 0 saturated carbocycles. The maximum atomic E-state index is 11.1. The first-order valence-corrected chi connectivity index (χ1v) is 7.94. The predicted molar refractivity (Wildman–Crippen MR) is 85.5 cm³/mol. The van der Waals surface area contributed by atoms with Gasteiger partial charge in [0.15, 0.2) is 0 Å². The normalized spacial score (nSPS) is 18.3. The first-order valence-electron chi connectivity index (χ1n) is 7.56. The minimum Gasteiger partial charge on any atom is -0.389 e. The van der Waals surface area contributed by atoms with Crippen LogP contribution in [0.5, 0.6) is 0 Å². The van der Waals surface area contributed by atoms with Crippen molar-refractivity contribution < 1.29 is 14.6 Å². The molecule has 1 saturated heterocycles. The molecule has 5 nitrogen and oxygen atoms in total. The molecule has 22 heavy (non-hydrogen) atoms. The lowest BCUT2D eigenvalue weighted by molar-refractivity contribution is -0.123. The van der Waals surface area contributed by atoms with E-state index in [9.17, 15) is 9.90 Å². The van der Waals surface area contributed by atoms with Gasteiger partial charge in [-0.2, -0.15) is 0 Å². The lowest BCUT2D eigenvalue weighted by Crippen LogP contribution is -2.42. The summed E-state index contributed by atoms with van der Waals surface area (Å²) < 4.78 is 5.53. The molecule has 0 aliphatic carbocycles. The number of halogens is 1. The number of nitrogens with two attached hydrogens (primary N) is 1. The van der Waals surface area contributed by atoms with Crippen LogP contribution in [0.4, 0.5) is 0 Å². The minimum atomic E-state index is -0.530. The molecule has 0 unspecified atom stereocenters. The summed E-state index contributed by atoms with van der Waals surface area (Å²) >= 11 is 5.82. The number of likely N-dealkylation sites (tertiary alicyclic amines) is 1. The first kappa shape index (κ1) is 17.2. The molecule has 1 aliphatic rings. The van der Waals surface area contributed by atoms with E-state index in [2.05, 4.69) is 4.90 Å². The van der Waals surface area contributed by atoms with E-state index in [4.69, 9.17) is 22.1 Å². The minimum absolute atomic E-state index is 0.0189. The van der Waals surface area contributed by atoms with Crippen LogP contribution in [-0.2, 0) is 16.1 Å². The average molecular weight is 327 g/mol. The number of ether oxygens (including phenoxy) is 1. The Balaban J connectivity index is 1.63. The zero-order valence-corrected chi connectivity index (χ0v) is 13.3. The van der Waals surface area contributed by atoms with Crippen LogP contribution < -0.4 is 5.73 Å². The van der Waals surface area contributed by atoms with Crippen LogP contribution in [-0.4, -0.2) is 48.3 Å². The number of aliphatic hydroxyl groups excluding tert-OH is 1. The van der Waals surface area contributed by atoms with Crippen molar-refractivity contribution >= 4 is 17.5 Å². The number of carbonyl (C=O) groups excluding carboxylic acids is 1. The van der Waals surface area contributed by atoms with Gasteiger partial charge in [0.1, 0.15) is 0 Å². The molecule has 1 amide bonds. The Hall–Kier alpha value is -1.14. The Kier molecular flexibility index (Phi) is 6.64. The molecule has 0 aromatic heterocycles. The number of hydrogen-bond acceptors (Lipinski definition) is 4. The third-order valence-corrected chi connectivity index (χ3v) is 4.20. The Morgan fingerprint density at radius 2 is 2.00 bits per heavy atom. The molecule has 1 aromatic carbocycles. The molecule has 1 atom stereocenters. The van der Waals surface area contributed by atoms with Crippen molar-refractivity contribution in [2.75, 3.05) is 26.2 Å². The molecule has 0 bridgehead atoms. The monoisotopic (exact) mass is 326 g/mol. The zero-order valence-electron chi connectivity index (χ0n) is 12.6. The molecule has 2 rings (SSSR count). The molecule has 122 valence electrons. The van der Waals surface area contributed by atoms with E-state index in [1.54, 1.807) is 0 Å². The molecule has 6 heteroatoms. The fourth-order valence-corrected chi connectivity index (χ4v) is 2.77. The van der Waals surface area contributed by atoms with Gasteiger partial charge in [-0.05, 0) is 43.6 Å². The standard InChI is InChI=1S/C16H23ClN2O3/c17-14-3-1-12(2-4-14)10-22-11-15(20)9-19-7-5-13(6-8-19)16(18)21/h1-4,13,15,20H,5-11H2,(H2,18,21)/t15-/m1/s1. The second-order valence-electron chi connectivity index (χ2n) is 5.77. The van der Waals surface area contributed by atoms with Crippen molar-refractivity contribution in [1.82, 2.24) is 4.90 Å². The molecule has 1 fully saturated rings. The van der Waals surface area contributed by atoms with Crippen LogP contribution in [0, 0.1) is 5.92 Å². The van der Waals surface area contributed by atoms with E-state index < -0.39 is 6.10 Å². The molecule has 3 N–H and O–H groups in total. The van der Waals surface area contributed by atoms with Gasteiger partial charge >= 0.3 is 0 Å². The van der Waals surface area contributed by atoms with Crippen LogP contribution in [0.2, 0.25) is 5.02 Å². The number of hydrogen-bond donors (Lipinski definition) is 2. The predicted octanol–water partition coefficient (Wildman–Crippen LogP) is 1.41. The highest BCUT2D eigenvalue weighted by Crippen LogP contribution is 2.17. The maximum Gasteiger partial charge on any atom is 0.220 e. The molecule has 0 spiro atoms. The number of piperidine rings is 1. The van der Waals surface area contributed by atoms with Crippen LogP contribution >= 0.6 is 11.6 Å². The summed E-state index contributed by atoms with van der Waals surface area (Å²) in [6.45, 7) is 2.89. The van der Waals surface area contributed by atoms with Crippen LogP contribution in [0.15, 0.2) is 24.3 Å². The zero-order chi connectivity index (χ0) is 15.9. The van der Waals surface area contributed by atoms with Crippen molar-refractivity contribution in [1.29, 1.82) is 0 Å². The highest BCUT2D eigenvalue weighted by molar-refractivity contribution is 6.30. The third kappa shape index (κ3) is 5.57. The summed E-state index contributed by atoms with van der Waals surface area (Å²) in [5.74, 6) is -0.235. The third-order valence-electron chi connectivity index (χ3n) is 3.95. The van der Waals surface area contributed by atoms with Crippen molar-refractivity contribution in [3.8, 4) is 0 Å². The number of primary amides is 1. The second-order valence-corrected chi connectivity index (χ2v) is 6.21. The Bertz CT molecular complexity index is 473. The topological polar surface area (TPSA) is 75.8 Å². The van der Waals surface area contributed by atoms with E-state index in [-0.39, 0.29) is 11.8 Å². The van der Waals surface area contributed by atoms with Gasteiger partial charge in [-0.3, -0.25) is 4.79 Å². The summed E-state index contributed by atoms with van der Waals surface area (Å²) in [5.41, 5.74) is 6.34. The lowest BCUT2D eigenvalue weighted by atomic mass is 9.96. The second kappa shape index (κ2) is 8.48. The van der Waals surface area contributed by atoms with E-state index >= 15 is 0 Å². The van der Waals surface area contributed by atoms with Crippen molar-refractivity contribution in [3.05, 3.63) is 34.9 Å². The Morgan fingerprint density at radius 1 is 1.36 bits per heavy atom. The molecule has 1 aromatic rings. The SMILES string of the molecule is NC(=O)C1CCN(C[C@@H](O)COCc2ccc(Cl)cc2)CC1. The van der Waals surface area contributed by atoms with Gasteiger partial charge in [-0.25, -0.2) is 0 Å². The maximum absolute atomic E-state index is 11.1. The Labute approximate surface area is 136 Å². The number of amides is 1. The molecule has 0 radical (unpaired) electrons. The first-order chi connectivity index (χ1) is 10.5. The van der Waals surface area contributed by atoms with Crippen LogP contribution in [0.25, 0.3) is 0 Å². The van der Waals surface area contributed by atoms with Gasteiger partial charge in [0.05, 0.1) is 19.3 Å². The number of rotatable bonds is 7. The fraction of sp³-hybridized carbons (Fsp3) is 0.562. The summed E-state index contributed by atoms with van der Waals surface area (Å²) in [6, 6.07) is 7.45. The van der Waals surface area contributed by atoms with Crippen molar-refractivity contribution in [2.24, 2.45) is 11.7 Å². The lowest BCUT2D eigenvalue weighted by Gasteiger charge is -2.31. The van der Waals surface area contributed by atoms with E-state index in [0.29, 0.717) is 24.8 Å². The molecular formula is C16H23ClN2O3. The van der Waals surface area contributed by atoms with Gasteiger partial charge in [0.25, 0.3) is 0 Å². The smallest absolute Gasteiger partial charge is 0.220 e. The molecular weight excluding hydrogens is 304 g/mol. The summed E-state index contributed by atoms with van der Waals surface area (Å²) in [6.07, 6.45) is 1.01. The number of β-amino-alcohol motifs (C(OH)–C–C–N with tert-alkyl or cyclic N) is 1. The van der Waals surface area contributed by atoms with Gasteiger partial charge in [-0.15, -0.1) is 0 Å². The molecule has 1 aliphatic heterocycles. The van der Waals surface area contributed by atoms with Crippen LogP contribution in [0.1, 0.15) is 18.4 Å². The van der Waals surface area contributed by atoms with E-state index in [1.165, 1.54) is 0 Å². The highest BCUT2D eigenvalue weighted by Gasteiger charge is 2.24. The summed E-state index contributed by atoms with van der Waals surface area (Å²) in [5, 5.41) is 10.7. The van der Waals surface area contributed by atoms with Crippen molar-refractivity contribution in [2.45, 2.75) is 25.6 Å². The van der Waals surface area contributed by atoms with Crippen molar-refractivity contribution in [3.63, 3.8) is 0 Å². The number of nitrogens with zero attached hydrogens (tertiary/aromatic N) is 1. The van der Waals surface area contributed by atoms with Gasteiger partial charge in [0, 0.05) is 17.5 Å². The van der Waals surface area contributed by atoms with Gasteiger partial charge in [-0.1, -0.05) is 23.7 Å². The fourth-order valence-electron chi connectivity index (χ4n) is 2.64. The van der Waals surface area contributed by atoms with Gasteiger partial charge in [0.2, 0.25) is 5.91 Å². The number of benzene rings is 1. The summed E-state index contributed by atoms with van der Waals surface area (Å²) in [4.78, 5) is 13.3. The van der Waals surface area contributed by atoms with E-state index in [1.807, 2.05) is 24.3 Å². The molecule has 1 heterocycles. The van der Waals surface area contributed by atoms with Crippen LogP contribution in [0.3, 0.4) is 0 Å². The number of carbonyl (C=O) groups is 1. The van der Waals surface area contributed by atoms with Gasteiger partial charge < -0.3 is 20.5 Å². The Morgan fingerprint density at radius 3 is 2.59 bits per heavy atom. The largest absolute Gasteiger partial charge is 0.389 e. The highest BCUT2D eigenvalue weighted by atomic mass is 35.5. The van der Waals surface area contributed by atoms with E-state index in [0.717, 1.165) is 31.5 Å². The summed E-state index contributed by atoms with van der Waals surface area (Å²) in [7, 11) is 0.